The van der Waals surface area contributed by atoms with Gasteiger partial charge in [0.1, 0.15) is 11.5 Å². The van der Waals surface area contributed by atoms with Gasteiger partial charge in [0.25, 0.3) is 5.56 Å². The van der Waals surface area contributed by atoms with E-state index < -0.39 is 34.4 Å². The van der Waals surface area contributed by atoms with Gasteiger partial charge in [0.2, 0.25) is 5.88 Å². The van der Waals surface area contributed by atoms with Crippen molar-refractivity contribution in [3.8, 4) is 11.6 Å². The molecule has 0 aliphatic carbocycles. The second kappa shape index (κ2) is 7.05. The van der Waals surface area contributed by atoms with Crippen LogP contribution in [0.2, 0.25) is 5.02 Å². The Bertz CT molecular complexity index is 1240. The van der Waals surface area contributed by atoms with Gasteiger partial charge in [-0.05, 0) is 24.6 Å². The molecule has 0 saturated heterocycles. The van der Waals surface area contributed by atoms with Crippen LogP contribution in [0.15, 0.2) is 49.1 Å². The first-order valence-corrected chi connectivity index (χ1v) is 8.59. The average molecular weight is 405 g/mol. The number of aromatic nitrogens is 2. The first-order valence-electron chi connectivity index (χ1n) is 8.21. The van der Waals surface area contributed by atoms with E-state index in [1.807, 2.05) is 0 Å². The van der Waals surface area contributed by atoms with Gasteiger partial charge in [-0.2, -0.15) is 0 Å². The molecule has 28 heavy (non-hydrogen) atoms. The SMILES string of the molecule is Cc1cc(O)c(C(c2ccc(Cl)cc2)c2c(O)n(C)c(=O)n(C)c2=O)c(=O)o1. The van der Waals surface area contributed by atoms with Crippen LogP contribution in [0.5, 0.6) is 11.6 Å². The summed E-state index contributed by atoms with van der Waals surface area (Å²) >= 11 is 5.94. The Morgan fingerprint density at radius 3 is 2.18 bits per heavy atom. The molecule has 8 nitrogen and oxygen atoms in total. The molecular weight excluding hydrogens is 388 g/mol. The van der Waals surface area contributed by atoms with Crippen LogP contribution in [0.4, 0.5) is 0 Å². The molecule has 0 aliphatic heterocycles. The van der Waals surface area contributed by atoms with E-state index in [-0.39, 0.29) is 16.9 Å². The molecule has 0 saturated carbocycles. The van der Waals surface area contributed by atoms with Gasteiger partial charge in [0, 0.05) is 25.2 Å². The molecule has 1 unspecified atom stereocenters. The van der Waals surface area contributed by atoms with Gasteiger partial charge < -0.3 is 14.6 Å². The summed E-state index contributed by atoms with van der Waals surface area (Å²) in [6, 6.07) is 7.43. The van der Waals surface area contributed by atoms with Crippen LogP contribution >= 0.6 is 11.6 Å². The fourth-order valence-corrected chi connectivity index (χ4v) is 3.24. The minimum Gasteiger partial charge on any atom is -0.507 e. The van der Waals surface area contributed by atoms with Crippen molar-refractivity contribution in [2.24, 2.45) is 14.1 Å². The third-order valence-corrected chi connectivity index (χ3v) is 4.79. The Kier molecular flexibility index (Phi) is 4.91. The first-order chi connectivity index (χ1) is 13.1. The molecule has 2 heterocycles. The molecule has 0 bridgehead atoms. The van der Waals surface area contributed by atoms with Crippen LogP contribution in [0.25, 0.3) is 0 Å². The minimum atomic E-state index is -1.19. The van der Waals surface area contributed by atoms with Gasteiger partial charge in [-0.25, -0.2) is 9.59 Å². The van der Waals surface area contributed by atoms with Crippen molar-refractivity contribution in [1.29, 1.82) is 0 Å². The van der Waals surface area contributed by atoms with E-state index in [0.717, 1.165) is 9.13 Å². The second-order valence-corrected chi connectivity index (χ2v) is 6.81. The topological polar surface area (TPSA) is 115 Å². The van der Waals surface area contributed by atoms with E-state index in [1.54, 1.807) is 24.3 Å². The van der Waals surface area contributed by atoms with Crippen molar-refractivity contribution >= 4 is 11.6 Å². The Morgan fingerprint density at radius 1 is 1.00 bits per heavy atom. The van der Waals surface area contributed by atoms with Crippen molar-refractivity contribution in [3.63, 3.8) is 0 Å². The van der Waals surface area contributed by atoms with Crippen molar-refractivity contribution in [2.75, 3.05) is 0 Å². The summed E-state index contributed by atoms with van der Waals surface area (Å²) in [6.45, 7) is 1.49. The fraction of sp³-hybridized carbons (Fsp3) is 0.211. The highest BCUT2D eigenvalue weighted by Gasteiger charge is 2.31. The van der Waals surface area contributed by atoms with Gasteiger partial charge in [-0.15, -0.1) is 0 Å². The highest BCUT2D eigenvalue weighted by Crippen LogP contribution is 2.37. The number of hydrogen-bond acceptors (Lipinski definition) is 6. The Balaban J connectivity index is 2.48. The number of aryl methyl sites for hydroxylation is 1. The van der Waals surface area contributed by atoms with E-state index in [1.165, 1.54) is 27.1 Å². The zero-order chi connectivity index (χ0) is 20.7. The van der Waals surface area contributed by atoms with Crippen molar-refractivity contribution in [3.05, 3.63) is 89.1 Å². The standard InChI is InChI=1S/C19H17ClN2O6/c1-9-8-12(23)14(18(26)28-9)13(10-4-6-11(20)7-5-10)15-16(24)21(2)19(27)22(3)17(15)25/h4-8,13,23-24H,1-3H3. The summed E-state index contributed by atoms with van der Waals surface area (Å²) in [5.74, 6) is -2.03. The third kappa shape index (κ3) is 3.11. The van der Waals surface area contributed by atoms with Crippen LogP contribution in [-0.4, -0.2) is 19.3 Å². The molecule has 146 valence electrons. The van der Waals surface area contributed by atoms with Gasteiger partial charge in [0.05, 0.1) is 17.0 Å². The molecule has 2 aromatic heterocycles. The Hall–Kier alpha value is -3.26. The number of hydrogen-bond donors (Lipinski definition) is 2. The van der Waals surface area contributed by atoms with Gasteiger partial charge in [-0.1, -0.05) is 23.7 Å². The normalized spacial score (nSPS) is 12.1. The van der Waals surface area contributed by atoms with Gasteiger partial charge in [0.15, 0.2) is 0 Å². The lowest BCUT2D eigenvalue weighted by molar-refractivity contribution is 0.396. The largest absolute Gasteiger partial charge is 0.507 e. The molecule has 2 N–H and O–H groups in total. The number of halogens is 1. The Labute approximate surface area is 163 Å². The third-order valence-electron chi connectivity index (χ3n) is 4.54. The predicted octanol–water partition coefficient (Wildman–Crippen LogP) is 1.59. The average Bonchev–Trinajstić information content (AvgIpc) is 2.63. The molecule has 1 atom stereocenters. The van der Waals surface area contributed by atoms with E-state index in [0.29, 0.717) is 10.6 Å². The number of nitrogens with zero attached hydrogens (tertiary/aromatic N) is 2. The Morgan fingerprint density at radius 2 is 1.61 bits per heavy atom. The maximum atomic E-state index is 12.9. The molecule has 0 radical (unpaired) electrons. The van der Waals surface area contributed by atoms with Crippen LogP contribution in [0.3, 0.4) is 0 Å². The monoisotopic (exact) mass is 404 g/mol. The molecule has 0 aliphatic rings. The van der Waals surface area contributed by atoms with E-state index in [4.69, 9.17) is 16.0 Å². The van der Waals surface area contributed by atoms with Gasteiger partial charge >= 0.3 is 11.3 Å². The van der Waals surface area contributed by atoms with Crippen LogP contribution in [0.1, 0.15) is 28.4 Å². The van der Waals surface area contributed by atoms with Gasteiger partial charge in [-0.3, -0.25) is 13.9 Å². The summed E-state index contributed by atoms with van der Waals surface area (Å²) in [5.41, 5.74) is -2.51. The van der Waals surface area contributed by atoms with Crippen molar-refractivity contribution in [2.45, 2.75) is 12.8 Å². The molecule has 1 aromatic carbocycles. The quantitative estimate of drug-likeness (QED) is 0.685. The highest BCUT2D eigenvalue weighted by atomic mass is 35.5. The van der Waals surface area contributed by atoms with Crippen LogP contribution < -0.4 is 16.9 Å². The lowest BCUT2D eigenvalue weighted by Crippen LogP contribution is -2.40. The summed E-state index contributed by atoms with van der Waals surface area (Å²) < 4.78 is 6.79. The van der Waals surface area contributed by atoms with Crippen molar-refractivity contribution in [1.82, 2.24) is 9.13 Å². The molecule has 9 heteroatoms. The number of rotatable bonds is 3. The summed E-state index contributed by atoms with van der Waals surface area (Å²) in [5, 5.41) is 21.4. The van der Waals surface area contributed by atoms with Crippen molar-refractivity contribution < 1.29 is 14.6 Å². The van der Waals surface area contributed by atoms with Crippen LogP contribution in [-0.2, 0) is 14.1 Å². The molecule has 0 spiro atoms. The number of aromatic hydroxyl groups is 2. The smallest absolute Gasteiger partial charge is 0.343 e. The summed E-state index contributed by atoms with van der Waals surface area (Å²) in [4.78, 5) is 37.5. The zero-order valence-electron chi connectivity index (χ0n) is 15.3. The molecule has 0 amide bonds. The lowest BCUT2D eigenvalue weighted by atomic mass is 9.86. The minimum absolute atomic E-state index is 0.179. The molecule has 3 rings (SSSR count). The fourth-order valence-electron chi connectivity index (χ4n) is 3.12. The predicted molar refractivity (Wildman–Crippen MR) is 102 cm³/mol. The molecule has 0 fully saturated rings. The summed E-state index contributed by atoms with van der Waals surface area (Å²) in [7, 11) is 2.54. The maximum absolute atomic E-state index is 12.9. The highest BCUT2D eigenvalue weighted by molar-refractivity contribution is 6.30. The second-order valence-electron chi connectivity index (χ2n) is 6.37. The first kappa shape index (κ1) is 19.5. The zero-order valence-corrected chi connectivity index (χ0v) is 16.0. The van der Waals surface area contributed by atoms with E-state index >= 15 is 0 Å². The maximum Gasteiger partial charge on any atom is 0.343 e. The lowest BCUT2D eigenvalue weighted by Gasteiger charge is -2.20. The number of benzene rings is 1. The van der Waals surface area contributed by atoms with Crippen LogP contribution in [0, 0.1) is 6.92 Å². The molecule has 3 aromatic rings. The van der Waals surface area contributed by atoms with E-state index in [2.05, 4.69) is 0 Å². The molecular formula is C19H17ClN2O6. The van der Waals surface area contributed by atoms with E-state index in [9.17, 15) is 24.6 Å². The summed E-state index contributed by atoms with van der Waals surface area (Å²) in [6.07, 6.45) is 0.